The highest BCUT2D eigenvalue weighted by atomic mass is 19.4. The van der Waals surface area contributed by atoms with Gasteiger partial charge in [0.1, 0.15) is 0 Å². The van der Waals surface area contributed by atoms with Crippen LogP contribution in [0.4, 0.5) is 13.2 Å². The van der Waals surface area contributed by atoms with Gasteiger partial charge in [-0.25, -0.2) is 4.79 Å². The number of H-pyrrole nitrogens is 1. The SMILES string of the molecule is O=C(CCn1c(=O)[nH]c(=O)c2ccccc21)N[C@H]1CCC[C@H](C(F)(F)F)C1. The molecule has 2 aromatic rings. The summed E-state index contributed by atoms with van der Waals surface area (Å²) in [6.45, 7) is 0.0252. The van der Waals surface area contributed by atoms with Gasteiger partial charge in [0, 0.05) is 19.0 Å². The van der Waals surface area contributed by atoms with E-state index in [1.807, 2.05) is 0 Å². The first kappa shape index (κ1) is 19.2. The molecule has 3 rings (SSSR count). The summed E-state index contributed by atoms with van der Waals surface area (Å²) in [5.74, 6) is -1.80. The zero-order valence-electron chi connectivity index (χ0n) is 14.5. The third-order valence-electron chi connectivity index (χ3n) is 4.97. The minimum absolute atomic E-state index is 0.0252. The number of amides is 1. The number of aryl methyl sites for hydroxylation is 1. The molecule has 0 radical (unpaired) electrons. The van der Waals surface area contributed by atoms with Gasteiger partial charge in [-0.1, -0.05) is 18.6 Å². The van der Waals surface area contributed by atoms with Crippen LogP contribution in [0, 0.1) is 5.92 Å². The average molecular weight is 383 g/mol. The van der Waals surface area contributed by atoms with Gasteiger partial charge < -0.3 is 5.32 Å². The summed E-state index contributed by atoms with van der Waals surface area (Å²) in [5, 5.41) is 2.98. The molecular formula is C18H20F3N3O3. The van der Waals surface area contributed by atoms with Gasteiger partial charge >= 0.3 is 11.9 Å². The van der Waals surface area contributed by atoms with E-state index in [1.165, 1.54) is 4.57 Å². The number of aromatic amines is 1. The van der Waals surface area contributed by atoms with Gasteiger partial charge in [0.15, 0.2) is 0 Å². The quantitative estimate of drug-likeness (QED) is 0.850. The van der Waals surface area contributed by atoms with Gasteiger partial charge in [-0.2, -0.15) is 13.2 Å². The second kappa shape index (κ2) is 7.58. The number of hydrogen-bond acceptors (Lipinski definition) is 3. The van der Waals surface area contributed by atoms with Gasteiger partial charge in [-0.15, -0.1) is 0 Å². The van der Waals surface area contributed by atoms with E-state index in [0.717, 1.165) is 0 Å². The molecule has 0 spiro atoms. The first-order chi connectivity index (χ1) is 12.8. The lowest BCUT2D eigenvalue weighted by molar-refractivity contribution is -0.184. The van der Waals surface area contributed by atoms with Gasteiger partial charge in [-0.05, 0) is 31.4 Å². The highest BCUT2D eigenvalue weighted by Gasteiger charge is 2.42. The standard InChI is InChI=1S/C18H20F3N3O3/c19-18(20,21)11-4-3-5-12(10-11)22-15(25)8-9-24-14-7-2-1-6-13(14)16(26)23-17(24)27/h1-2,6-7,11-12H,3-5,8-10H2,(H,22,25)(H,23,26,27)/t11-,12-/m0/s1. The van der Waals surface area contributed by atoms with Crippen LogP contribution in [0.15, 0.2) is 33.9 Å². The van der Waals surface area contributed by atoms with E-state index in [9.17, 15) is 27.6 Å². The van der Waals surface area contributed by atoms with Crippen molar-refractivity contribution in [3.05, 3.63) is 45.1 Å². The molecule has 1 aromatic heterocycles. The molecule has 2 atom stereocenters. The van der Waals surface area contributed by atoms with Crippen molar-refractivity contribution in [2.45, 2.75) is 50.9 Å². The Hall–Kier alpha value is -2.58. The zero-order chi connectivity index (χ0) is 19.6. The molecule has 0 saturated heterocycles. The second-order valence-electron chi connectivity index (χ2n) is 6.85. The van der Waals surface area contributed by atoms with Crippen molar-refractivity contribution in [1.29, 1.82) is 0 Å². The fraction of sp³-hybridized carbons (Fsp3) is 0.500. The second-order valence-corrected chi connectivity index (χ2v) is 6.85. The number of benzene rings is 1. The van der Waals surface area contributed by atoms with Crippen LogP contribution in [0.25, 0.3) is 10.9 Å². The summed E-state index contributed by atoms with van der Waals surface area (Å²) in [7, 11) is 0. The first-order valence-corrected chi connectivity index (χ1v) is 8.83. The van der Waals surface area contributed by atoms with Crippen molar-refractivity contribution >= 4 is 16.8 Å². The van der Waals surface area contributed by atoms with Crippen molar-refractivity contribution in [2.75, 3.05) is 0 Å². The summed E-state index contributed by atoms with van der Waals surface area (Å²) in [6, 6.07) is 6.01. The number of halogens is 3. The van der Waals surface area contributed by atoms with Gasteiger partial charge in [0.2, 0.25) is 5.91 Å². The minimum atomic E-state index is -4.24. The fourth-order valence-corrected chi connectivity index (χ4v) is 3.60. The Kier molecular flexibility index (Phi) is 5.38. The maximum atomic E-state index is 12.9. The molecule has 0 unspecified atom stereocenters. The van der Waals surface area contributed by atoms with Crippen molar-refractivity contribution in [3.8, 4) is 0 Å². The molecule has 1 aliphatic carbocycles. The predicted octanol–water partition coefficient (Wildman–Crippen LogP) is 2.32. The van der Waals surface area contributed by atoms with E-state index in [-0.39, 0.29) is 25.8 Å². The Balaban J connectivity index is 1.66. The molecule has 146 valence electrons. The molecule has 1 heterocycles. The van der Waals surface area contributed by atoms with Gasteiger partial charge in [0.05, 0.1) is 16.8 Å². The number of carbonyl (C=O) groups excluding carboxylic acids is 1. The molecule has 1 aliphatic rings. The number of nitrogens with zero attached hydrogens (tertiary/aromatic N) is 1. The summed E-state index contributed by atoms with van der Waals surface area (Å²) in [6.07, 6.45) is -3.40. The molecule has 0 aliphatic heterocycles. The minimum Gasteiger partial charge on any atom is -0.353 e. The van der Waals surface area contributed by atoms with Crippen LogP contribution in [0.1, 0.15) is 32.1 Å². The number of para-hydroxylation sites is 1. The smallest absolute Gasteiger partial charge is 0.353 e. The van der Waals surface area contributed by atoms with Crippen molar-refractivity contribution in [3.63, 3.8) is 0 Å². The van der Waals surface area contributed by atoms with Crippen LogP contribution in [0.3, 0.4) is 0 Å². The van der Waals surface area contributed by atoms with E-state index >= 15 is 0 Å². The number of rotatable bonds is 4. The normalized spacial score (nSPS) is 20.6. The number of aromatic nitrogens is 2. The molecule has 0 bridgehead atoms. The highest BCUT2D eigenvalue weighted by Crippen LogP contribution is 2.37. The lowest BCUT2D eigenvalue weighted by Gasteiger charge is -2.31. The Morgan fingerprint density at radius 3 is 2.70 bits per heavy atom. The molecule has 6 nitrogen and oxygen atoms in total. The Morgan fingerprint density at radius 2 is 1.96 bits per heavy atom. The third kappa shape index (κ3) is 4.40. The first-order valence-electron chi connectivity index (χ1n) is 8.83. The summed E-state index contributed by atoms with van der Waals surface area (Å²) < 4.78 is 39.9. The number of alkyl halides is 3. The zero-order valence-corrected chi connectivity index (χ0v) is 14.5. The topological polar surface area (TPSA) is 84.0 Å². The number of hydrogen-bond donors (Lipinski definition) is 2. The number of fused-ring (bicyclic) bond motifs is 1. The molecular weight excluding hydrogens is 363 g/mol. The Morgan fingerprint density at radius 1 is 1.22 bits per heavy atom. The number of nitrogens with one attached hydrogen (secondary N) is 2. The lowest BCUT2D eigenvalue weighted by atomic mass is 9.85. The lowest BCUT2D eigenvalue weighted by Crippen LogP contribution is -2.42. The molecule has 1 aromatic carbocycles. The van der Waals surface area contributed by atoms with Crippen LogP contribution in [-0.2, 0) is 11.3 Å². The van der Waals surface area contributed by atoms with E-state index in [2.05, 4.69) is 10.3 Å². The van der Waals surface area contributed by atoms with Crippen molar-refractivity contribution in [1.82, 2.24) is 14.9 Å². The average Bonchev–Trinajstić information content (AvgIpc) is 2.61. The predicted molar refractivity (Wildman–Crippen MR) is 93.4 cm³/mol. The fourth-order valence-electron chi connectivity index (χ4n) is 3.60. The maximum absolute atomic E-state index is 12.9. The summed E-state index contributed by atoms with van der Waals surface area (Å²) in [5.41, 5.74) is -0.716. The maximum Gasteiger partial charge on any atom is 0.391 e. The van der Waals surface area contributed by atoms with Crippen molar-refractivity contribution < 1.29 is 18.0 Å². The number of carbonyl (C=O) groups is 1. The Labute approximate surface area is 152 Å². The van der Waals surface area contributed by atoms with Crippen LogP contribution < -0.4 is 16.6 Å². The summed E-state index contributed by atoms with van der Waals surface area (Å²) >= 11 is 0. The largest absolute Gasteiger partial charge is 0.391 e. The van der Waals surface area contributed by atoms with Crippen LogP contribution in [0.5, 0.6) is 0 Å². The van der Waals surface area contributed by atoms with Crippen LogP contribution in [-0.4, -0.2) is 27.7 Å². The van der Waals surface area contributed by atoms with Crippen LogP contribution in [0.2, 0.25) is 0 Å². The third-order valence-corrected chi connectivity index (χ3v) is 4.97. The van der Waals surface area contributed by atoms with Gasteiger partial charge in [0.25, 0.3) is 5.56 Å². The molecule has 1 amide bonds. The Bertz CT molecular complexity index is 948. The van der Waals surface area contributed by atoms with E-state index in [0.29, 0.717) is 23.7 Å². The van der Waals surface area contributed by atoms with Crippen molar-refractivity contribution in [2.24, 2.45) is 5.92 Å². The highest BCUT2D eigenvalue weighted by molar-refractivity contribution is 5.79. The van der Waals surface area contributed by atoms with E-state index in [4.69, 9.17) is 0 Å². The van der Waals surface area contributed by atoms with E-state index in [1.54, 1.807) is 24.3 Å². The molecule has 1 fully saturated rings. The monoisotopic (exact) mass is 383 g/mol. The van der Waals surface area contributed by atoms with Gasteiger partial charge in [-0.3, -0.25) is 19.1 Å². The molecule has 27 heavy (non-hydrogen) atoms. The summed E-state index contributed by atoms with van der Waals surface area (Å²) in [4.78, 5) is 38.3. The molecule has 2 N–H and O–H groups in total. The van der Waals surface area contributed by atoms with E-state index < -0.39 is 35.3 Å². The molecule has 9 heteroatoms. The van der Waals surface area contributed by atoms with Crippen LogP contribution >= 0.6 is 0 Å². The molecule has 1 saturated carbocycles.